The van der Waals surface area contributed by atoms with Crippen LogP contribution in [0.4, 0.5) is 10.1 Å². The number of halogens is 2. The van der Waals surface area contributed by atoms with E-state index in [2.05, 4.69) is 26.2 Å². The molecule has 0 aliphatic carbocycles. The molecule has 0 aliphatic rings. The summed E-state index contributed by atoms with van der Waals surface area (Å²) in [5, 5.41) is 5.35. The second-order valence-corrected chi connectivity index (χ2v) is 7.49. The third-order valence-electron chi connectivity index (χ3n) is 3.91. The summed E-state index contributed by atoms with van der Waals surface area (Å²) in [7, 11) is 0. The topological polar surface area (TPSA) is 42.0 Å². The molecule has 0 aliphatic heterocycles. The molecular weight excluding hydrogens is 415 g/mol. The Morgan fingerprint density at radius 3 is 2.69 bits per heavy atom. The van der Waals surface area contributed by atoms with Crippen LogP contribution in [0.15, 0.2) is 70.5 Å². The molecule has 4 rings (SSSR count). The zero-order valence-corrected chi connectivity index (χ0v) is 15.8. The SMILES string of the molecule is O=C(Nc1ccc(Br)cc1F)c1cc(-c2cccs2)nc2ccccc12. The van der Waals surface area contributed by atoms with E-state index in [1.807, 2.05) is 41.8 Å². The molecule has 1 amide bonds. The lowest BCUT2D eigenvalue weighted by Crippen LogP contribution is -2.14. The van der Waals surface area contributed by atoms with Gasteiger partial charge in [-0.25, -0.2) is 9.37 Å². The van der Waals surface area contributed by atoms with Crippen LogP contribution in [0, 0.1) is 5.82 Å². The van der Waals surface area contributed by atoms with Crippen LogP contribution in [0.5, 0.6) is 0 Å². The smallest absolute Gasteiger partial charge is 0.256 e. The lowest BCUT2D eigenvalue weighted by molar-refractivity contribution is 0.102. The third-order valence-corrected chi connectivity index (χ3v) is 5.30. The number of benzene rings is 2. The van der Waals surface area contributed by atoms with E-state index in [0.717, 1.165) is 21.5 Å². The number of rotatable bonds is 3. The minimum absolute atomic E-state index is 0.136. The van der Waals surface area contributed by atoms with Crippen molar-refractivity contribution in [2.75, 3.05) is 5.32 Å². The fourth-order valence-electron chi connectivity index (χ4n) is 2.69. The zero-order valence-electron chi connectivity index (χ0n) is 13.4. The largest absolute Gasteiger partial charge is 0.319 e. The van der Waals surface area contributed by atoms with E-state index in [-0.39, 0.29) is 11.6 Å². The number of carbonyl (C=O) groups is 1. The number of amides is 1. The van der Waals surface area contributed by atoms with E-state index < -0.39 is 5.82 Å². The van der Waals surface area contributed by atoms with Crippen molar-refractivity contribution in [2.45, 2.75) is 0 Å². The van der Waals surface area contributed by atoms with E-state index in [9.17, 15) is 9.18 Å². The maximum absolute atomic E-state index is 14.1. The average molecular weight is 427 g/mol. The highest BCUT2D eigenvalue weighted by Gasteiger charge is 2.16. The van der Waals surface area contributed by atoms with Gasteiger partial charge in [0.15, 0.2) is 0 Å². The van der Waals surface area contributed by atoms with E-state index in [0.29, 0.717) is 10.0 Å². The second-order valence-electron chi connectivity index (χ2n) is 5.63. The summed E-state index contributed by atoms with van der Waals surface area (Å²) in [6, 6.07) is 17.6. The molecule has 0 atom stereocenters. The average Bonchev–Trinajstić information content (AvgIpc) is 3.18. The number of anilines is 1. The van der Waals surface area contributed by atoms with Crippen molar-refractivity contribution in [2.24, 2.45) is 0 Å². The van der Waals surface area contributed by atoms with Crippen molar-refractivity contribution in [1.82, 2.24) is 4.98 Å². The summed E-state index contributed by atoms with van der Waals surface area (Å²) in [6.45, 7) is 0. The van der Waals surface area contributed by atoms with E-state index in [4.69, 9.17) is 0 Å². The van der Waals surface area contributed by atoms with Gasteiger partial charge in [-0.1, -0.05) is 40.2 Å². The van der Waals surface area contributed by atoms with Crippen molar-refractivity contribution >= 4 is 49.8 Å². The highest BCUT2D eigenvalue weighted by Crippen LogP contribution is 2.29. The number of hydrogen-bond acceptors (Lipinski definition) is 3. The minimum Gasteiger partial charge on any atom is -0.319 e. The van der Waals surface area contributed by atoms with Gasteiger partial charge >= 0.3 is 0 Å². The molecule has 6 heteroatoms. The summed E-state index contributed by atoms with van der Waals surface area (Å²) in [5.41, 5.74) is 2.04. The van der Waals surface area contributed by atoms with Crippen molar-refractivity contribution < 1.29 is 9.18 Å². The first-order chi connectivity index (χ1) is 12.6. The van der Waals surface area contributed by atoms with Crippen LogP contribution in [0.2, 0.25) is 0 Å². The molecular formula is C20H12BrFN2OS. The molecule has 0 unspecified atom stereocenters. The number of fused-ring (bicyclic) bond motifs is 1. The highest BCUT2D eigenvalue weighted by atomic mass is 79.9. The van der Waals surface area contributed by atoms with Crippen LogP contribution >= 0.6 is 27.3 Å². The predicted molar refractivity (Wildman–Crippen MR) is 107 cm³/mol. The van der Waals surface area contributed by atoms with E-state index >= 15 is 0 Å². The van der Waals surface area contributed by atoms with Gasteiger partial charge in [0.2, 0.25) is 0 Å². The quantitative estimate of drug-likeness (QED) is 0.428. The van der Waals surface area contributed by atoms with Gasteiger partial charge in [0.1, 0.15) is 5.82 Å². The summed E-state index contributed by atoms with van der Waals surface area (Å²) in [6.07, 6.45) is 0. The Kier molecular flexibility index (Phi) is 4.53. The number of thiophene rings is 1. The normalized spacial score (nSPS) is 10.8. The first kappa shape index (κ1) is 16.9. The second kappa shape index (κ2) is 6.97. The lowest BCUT2D eigenvalue weighted by Gasteiger charge is -2.10. The number of aromatic nitrogens is 1. The van der Waals surface area contributed by atoms with Gasteiger partial charge in [-0.3, -0.25) is 4.79 Å². The Bertz CT molecular complexity index is 1110. The lowest BCUT2D eigenvalue weighted by atomic mass is 10.1. The molecule has 26 heavy (non-hydrogen) atoms. The van der Waals surface area contributed by atoms with Crippen molar-refractivity contribution in [3.63, 3.8) is 0 Å². The Balaban J connectivity index is 1.80. The first-order valence-electron chi connectivity index (χ1n) is 7.82. The van der Waals surface area contributed by atoms with Crippen LogP contribution in [0.3, 0.4) is 0 Å². The summed E-state index contributed by atoms with van der Waals surface area (Å²) < 4.78 is 14.7. The Labute approximate surface area is 161 Å². The van der Waals surface area contributed by atoms with Gasteiger partial charge in [-0.05, 0) is 41.8 Å². The minimum atomic E-state index is -0.496. The molecule has 1 N–H and O–H groups in total. The number of hydrogen-bond donors (Lipinski definition) is 1. The highest BCUT2D eigenvalue weighted by molar-refractivity contribution is 9.10. The molecule has 2 heterocycles. The van der Waals surface area contributed by atoms with Gasteiger partial charge in [-0.15, -0.1) is 11.3 Å². The third kappa shape index (κ3) is 3.25. The molecule has 0 spiro atoms. The van der Waals surface area contributed by atoms with Crippen LogP contribution in [0.25, 0.3) is 21.5 Å². The molecule has 128 valence electrons. The van der Waals surface area contributed by atoms with Gasteiger partial charge in [-0.2, -0.15) is 0 Å². The fourth-order valence-corrected chi connectivity index (χ4v) is 3.71. The van der Waals surface area contributed by atoms with Gasteiger partial charge in [0, 0.05) is 9.86 Å². The molecule has 0 saturated heterocycles. The zero-order chi connectivity index (χ0) is 18.1. The summed E-state index contributed by atoms with van der Waals surface area (Å²) in [5.74, 6) is -0.868. The van der Waals surface area contributed by atoms with Gasteiger partial charge in [0.05, 0.1) is 27.3 Å². The fraction of sp³-hybridized carbons (Fsp3) is 0. The number of para-hydroxylation sites is 1. The summed E-state index contributed by atoms with van der Waals surface area (Å²) in [4.78, 5) is 18.5. The number of carbonyl (C=O) groups excluding carboxylic acids is 1. The molecule has 2 aromatic heterocycles. The van der Waals surface area contributed by atoms with Crippen molar-refractivity contribution in [3.8, 4) is 10.6 Å². The van der Waals surface area contributed by atoms with E-state index in [1.165, 1.54) is 12.1 Å². The molecule has 0 saturated carbocycles. The first-order valence-corrected chi connectivity index (χ1v) is 9.49. The van der Waals surface area contributed by atoms with Crippen LogP contribution in [-0.2, 0) is 0 Å². The molecule has 0 radical (unpaired) electrons. The molecule has 0 bridgehead atoms. The van der Waals surface area contributed by atoms with Gasteiger partial charge < -0.3 is 5.32 Å². The Morgan fingerprint density at radius 1 is 1.08 bits per heavy atom. The maximum atomic E-state index is 14.1. The molecule has 2 aromatic carbocycles. The monoisotopic (exact) mass is 426 g/mol. The van der Waals surface area contributed by atoms with Crippen molar-refractivity contribution in [1.29, 1.82) is 0 Å². The van der Waals surface area contributed by atoms with Crippen LogP contribution in [-0.4, -0.2) is 10.9 Å². The van der Waals surface area contributed by atoms with Crippen LogP contribution < -0.4 is 5.32 Å². The molecule has 3 nitrogen and oxygen atoms in total. The Hall–Kier alpha value is -2.57. The van der Waals surface area contributed by atoms with Crippen molar-refractivity contribution in [3.05, 3.63) is 81.9 Å². The summed E-state index contributed by atoms with van der Waals surface area (Å²) >= 11 is 4.77. The Morgan fingerprint density at radius 2 is 1.92 bits per heavy atom. The molecule has 0 fully saturated rings. The number of nitrogens with one attached hydrogen (secondary N) is 1. The van der Waals surface area contributed by atoms with E-state index in [1.54, 1.807) is 23.5 Å². The van der Waals surface area contributed by atoms with Crippen LogP contribution in [0.1, 0.15) is 10.4 Å². The molecule has 4 aromatic rings. The van der Waals surface area contributed by atoms with Gasteiger partial charge in [0.25, 0.3) is 5.91 Å². The maximum Gasteiger partial charge on any atom is 0.256 e. The standard InChI is InChI=1S/C20H12BrFN2OS/c21-12-7-8-17(15(22)10-12)24-20(25)14-11-18(19-6-3-9-26-19)23-16-5-2-1-4-13(14)16/h1-11H,(H,24,25). The number of nitrogens with zero attached hydrogens (tertiary/aromatic N) is 1. The predicted octanol–water partition coefficient (Wildman–Crippen LogP) is 6.12. The number of pyridine rings is 1.